The van der Waals surface area contributed by atoms with Gasteiger partial charge in [-0.05, 0) is 36.6 Å². The van der Waals surface area contributed by atoms with Crippen LogP contribution in [-0.4, -0.2) is 25.0 Å². The first-order valence-corrected chi connectivity index (χ1v) is 10.1. The van der Waals surface area contributed by atoms with Gasteiger partial charge in [-0.15, -0.1) is 11.3 Å². The van der Waals surface area contributed by atoms with Gasteiger partial charge in [0.1, 0.15) is 5.01 Å². The van der Waals surface area contributed by atoms with Crippen LogP contribution in [-0.2, 0) is 32.7 Å². The number of aliphatic hydroxyl groups is 1. The third-order valence-corrected chi connectivity index (χ3v) is 4.89. The summed E-state index contributed by atoms with van der Waals surface area (Å²) in [4.78, 5) is 16.1. The maximum Gasteiger partial charge on any atom is 0.107 e. The van der Waals surface area contributed by atoms with E-state index in [1.165, 1.54) is 0 Å². The smallest absolute Gasteiger partial charge is 0.107 e. The van der Waals surface area contributed by atoms with E-state index in [9.17, 15) is 5.11 Å². The summed E-state index contributed by atoms with van der Waals surface area (Å²) in [7, 11) is 0. The van der Waals surface area contributed by atoms with Gasteiger partial charge >= 0.3 is 0 Å². The maximum atomic E-state index is 9.35. The molecule has 0 aliphatic rings. The summed E-state index contributed by atoms with van der Waals surface area (Å²) in [6, 6.07) is 12.0. The first-order valence-electron chi connectivity index (χ1n) is 9.23. The molecular formula is C21H26N4OS. The second kappa shape index (κ2) is 9.69. The minimum Gasteiger partial charge on any atom is -0.390 e. The highest BCUT2D eigenvalue weighted by Crippen LogP contribution is 2.15. The molecular weight excluding hydrogens is 356 g/mol. The molecule has 3 aromatic heterocycles. The lowest BCUT2D eigenvalue weighted by atomic mass is 10.1. The molecule has 0 bridgehead atoms. The molecule has 3 heterocycles. The number of pyridine rings is 2. The van der Waals surface area contributed by atoms with Gasteiger partial charge in [-0.3, -0.25) is 14.9 Å². The fourth-order valence-electron chi connectivity index (χ4n) is 3.00. The molecule has 0 saturated heterocycles. The Hall–Kier alpha value is -2.15. The van der Waals surface area contributed by atoms with Crippen molar-refractivity contribution in [3.8, 4) is 0 Å². The van der Waals surface area contributed by atoms with E-state index in [0.717, 1.165) is 41.6 Å². The predicted molar refractivity (Wildman–Crippen MR) is 108 cm³/mol. The number of thiazole rings is 1. The summed E-state index contributed by atoms with van der Waals surface area (Å²) in [5.41, 5.74) is 3.83. The molecule has 0 aliphatic heterocycles. The summed E-state index contributed by atoms with van der Waals surface area (Å²) in [5.74, 6) is 0.588. The van der Waals surface area contributed by atoms with Crippen molar-refractivity contribution in [2.45, 2.75) is 46.5 Å². The topological polar surface area (TPSA) is 62.1 Å². The Bertz CT molecular complexity index is 836. The van der Waals surface area contributed by atoms with Crippen molar-refractivity contribution in [1.29, 1.82) is 0 Å². The number of hydrogen-bond acceptors (Lipinski definition) is 6. The minimum atomic E-state index is -0.0425. The van der Waals surface area contributed by atoms with Crippen LogP contribution in [0.1, 0.15) is 41.6 Å². The largest absolute Gasteiger partial charge is 0.390 e. The first-order chi connectivity index (χ1) is 13.1. The Labute approximate surface area is 164 Å². The third kappa shape index (κ3) is 6.20. The Morgan fingerprint density at radius 2 is 1.56 bits per heavy atom. The predicted octanol–water partition coefficient (Wildman–Crippen LogP) is 3.83. The molecule has 0 atom stereocenters. The summed E-state index contributed by atoms with van der Waals surface area (Å²) >= 11 is 1.66. The number of hydrogen-bond donors (Lipinski definition) is 1. The molecule has 0 amide bonds. The van der Waals surface area contributed by atoms with Gasteiger partial charge in [0.15, 0.2) is 0 Å². The minimum absolute atomic E-state index is 0.0425. The van der Waals surface area contributed by atoms with Crippen LogP contribution in [0.15, 0.2) is 48.0 Å². The van der Waals surface area contributed by atoms with E-state index in [-0.39, 0.29) is 6.61 Å². The molecule has 27 heavy (non-hydrogen) atoms. The second-order valence-electron chi connectivity index (χ2n) is 7.07. The molecule has 0 saturated carbocycles. The van der Waals surface area contributed by atoms with Gasteiger partial charge in [-0.25, -0.2) is 4.98 Å². The van der Waals surface area contributed by atoms with Crippen molar-refractivity contribution in [2.75, 3.05) is 0 Å². The quantitative estimate of drug-likeness (QED) is 0.609. The van der Waals surface area contributed by atoms with Gasteiger partial charge in [0.25, 0.3) is 0 Å². The number of nitrogens with zero attached hydrogens (tertiary/aromatic N) is 4. The molecule has 5 nitrogen and oxygen atoms in total. The molecule has 0 aromatic carbocycles. The monoisotopic (exact) mass is 382 g/mol. The van der Waals surface area contributed by atoms with Gasteiger partial charge in [-0.2, -0.15) is 0 Å². The van der Waals surface area contributed by atoms with E-state index in [1.807, 2.05) is 29.8 Å². The molecule has 3 aromatic rings. The van der Waals surface area contributed by atoms with Crippen molar-refractivity contribution in [3.63, 3.8) is 0 Å². The van der Waals surface area contributed by atoms with Crippen LogP contribution in [0.3, 0.4) is 0 Å². The zero-order chi connectivity index (χ0) is 19.1. The Balaban J connectivity index is 1.77. The lowest BCUT2D eigenvalue weighted by Crippen LogP contribution is -2.24. The second-order valence-corrected chi connectivity index (χ2v) is 8.05. The normalized spacial score (nSPS) is 11.4. The number of aliphatic hydroxyl groups excluding tert-OH is 1. The Morgan fingerprint density at radius 1 is 0.926 bits per heavy atom. The lowest BCUT2D eigenvalue weighted by Gasteiger charge is -2.21. The average Bonchev–Trinajstić information content (AvgIpc) is 3.14. The summed E-state index contributed by atoms with van der Waals surface area (Å²) in [6.07, 6.45) is 2.82. The van der Waals surface area contributed by atoms with E-state index in [4.69, 9.17) is 4.98 Å². The van der Waals surface area contributed by atoms with Gasteiger partial charge in [0.2, 0.25) is 0 Å². The van der Waals surface area contributed by atoms with Crippen LogP contribution in [0.2, 0.25) is 0 Å². The molecule has 0 aliphatic carbocycles. The van der Waals surface area contributed by atoms with Crippen molar-refractivity contribution in [2.24, 2.45) is 5.92 Å². The van der Waals surface area contributed by atoms with Crippen molar-refractivity contribution < 1.29 is 5.11 Å². The van der Waals surface area contributed by atoms with Gasteiger partial charge in [-0.1, -0.05) is 26.0 Å². The van der Waals surface area contributed by atoms with E-state index in [1.54, 1.807) is 11.3 Å². The van der Waals surface area contributed by atoms with E-state index in [2.05, 4.69) is 46.9 Å². The summed E-state index contributed by atoms with van der Waals surface area (Å²) in [5, 5.41) is 12.4. The molecule has 3 rings (SSSR count). The van der Waals surface area contributed by atoms with Crippen LogP contribution in [0.4, 0.5) is 0 Å². The van der Waals surface area contributed by atoms with Crippen LogP contribution in [0, 0.1) is 5.92 Å². The van der Waals surface area contributed by atoms with Crippen LogP contribution < -0.4 is 0 Å². The first kappa shape index (κ1) is 19.6. The standard InChI is InChI=1S/C21H26N4OS/c1-16(2)11-17-5-3-6-18(23-17)12-25(14-21-22-9-10-27-21)13-19-7-4-8-20(15-26)24-19/h3-10,16,26H,11-15H2,1-2H3. The van der Waals surface area contributed by atoms with Crippen LogP contribution in [0.5, 0.6) is 0 Å². The number of aromatic nitrogens is 3. The van der Waals surface area contributed by atoms with Crippen LogP contribution >= 0.6 is 11.3 Å². The highest BCUT2D eigenvalue weighted by Gasteiger charge is 2.12. The van der Waals surface area contributed by atoms with Gasteiger partial charge in [0.05, 0.1) is 30.2 Å². The van der Waals surface area contributed by atoms with Crippen molar-refractivity contribution in [1.82, 2.24) is 19.9 Å². The highest BCUT2D eigenvalue weighted by molar-refractivity contribution is 7.09. The zero-order valence-corrected chi connectivity index (χ0v) is 16.7. The molecule has 0 unspecified atom stereocenters. The third-order valence-electron chi connectivity index (χ3n) is 4.12. The molecule has 1 N–H and O–H groups in total. The van der Waals surface area contributed by atoms with Gasteiger partial charge in [0, 0.05) is 30.4 Å². The molecule has 0 fully saturated rings. The fraction of sp³-hybridized carbons (Fsp3) is 0.381. The molecule has 0 radical (unpaired) electrons. The molecule has 142 valence electrons. The number of rotatable bonds is 9. The van der Waals surface area contributed by atoms with E-state index in [0.29, 0.717) is 18.2 Å². The SMILES string of the molecule is CC(C)Cc1cccc(CN(Cc2cccc(CO)n2)Cc2nccs2)n1. The average molecular weight is 383 g/mol. The Morgan fingerprint density at radius 3 is 2.15 bits per heavy atom. The zero-order valence-electron chi connectivity index (χ0n) is 15.9. The van der Waals surface area contributed by atoms with Gasteiger partial charge < -0.3 is 5.11 Å². The molecule has 0 spiro atoms. The highest BCUT2D eigenvalue weighted by atomic mass is 32.1. The molecule has 6 heteroatoms. The van der Waals surface area contributed by atoms with Crippen molar-refractivity contribution >= 4 is 11.3 Å². The van der Waals surface area contributed by atoms with Crippen LogP contribution in [0.25, 0.3) is 0 Å². The van der Waals surface area contributed by atoms with E-state index >= 15 is 0 Å². The Kier molecular flexibility index (Phi) is 7.04. The lowest BCUT2D eigenvalue weighted by molar-refractivity contribution is 0.239. The van der Waals surface area contributed by atoms with E-state index < -0.39 is 0 Å². The summed E-state index contributed by atoms with van der Waals surface area (Å²) < 4.78 is 0. The fourth-order valence-corrected chi connectivity index (χ4v) is 3.66. The summed E-state index contributed by atoms with van der Waals surface area (Å²) in [6.45, 7) is 6.55. The van der Waals surface area contributed by atoms with Crippen molar-refractivity contribution in [3.05, 3.63) is 75.8 Å². The maximum absolute atomic E-state index is 9.35.